The van der Waals surface area contributed by atoms with Gasteiger partial charge in [-0.05, 0) is 12.8 Å². The number of aliphatic carboxylic acids is 1. The molecule has 0 unspecified atom stereocenters. The Kier molecular flexibility index (Phi) is 3.97. The van der Waals surface area contributed by atoms with Crippen molar-refractivity contribution in [1.29, 1.82) is 0 Å². The van der Waals surface area contributed by atoms with Crippen LogP contribution in [0, 0.1) is 5.41 Å². The van der Waals surface area contributed by atoms with Crippen LogP contribution in [-0.2, 0) is 21.4 Å². The van der Waals surface area contributed by atoms with Gasteiger partial charge in [-0.15, -0.1) is 11.3 Å². The molecule has 0 aromatic carbocycles. The number of aromatic nitrogens is 1. The Morgan fingerprint density at radius 3 is 2.58 bits per heavy atom. The minimum Gasteiger partial charge on any atom is -0.481 e. The SMILES string of the molecule is CC(C)(C)c1csc(CC2(C(=O)O)CCOCC2)n1. The molecule has 2 rings (SSSR count). The Hall–Kier alpha value is -0.940. The number of carboxylic acid groups (broad SMARTS) is 1. The summed E-state index contributed by atoms with van der Waals surface area (Å²) in [5.74, 6) is -0.719. The van der Waals surface area contributed by atoms with Crippen LogP contribution in [0.5, 0.6) is 0 Å². The van der Waals surface area contributed by atoms with Crippen molar-refractivity contribution in [1.82, 2.24) is 4.98 Å². The Labute approximate surface area is 117 Å². The van der Waals surface area contributed by atoms with Crippen molar-refractivity contribution in [3.8, 4) is 0 Å². The molecule has 1 saturated heterocycles. The molecule has 1 aromatic rings. The summed E-state index contributed by atoms with van der Waals surface area (Å²) in [6, 6.07) is 0. The van der Waals surface area contributed by atoms with Gasteiger partial charge >= 0.3 is 5.97 Å². The summed E-state index contributed by atoms with van der Waals surface area (Å²) in [5.41, 5.74) is 0.367. The summed E-state index contributed by atoms with van der Waals surface area (Å²) in [5, 5.41) is 12.5. The van der Waals surface area contributed by atoms with E-state index in [1.165, 1.54) is 0 Å². The van der Waals surface area contributed by atoms with E-state index >= 15 is 0 Å². The first-order valence-electron chi connectivity index (χ1n) is 6.60. The van der Waals surface area contributed by atoms with E-state index in [2.05, 4.69) is 25.8 Å². The summed E-state index contributed by atoms with van der Waals surface area (Å²) >= 11 is 1.57. The molecule has 0 bridgehead atoms. The molecule has 4 nitrogen and oxygen atoms in total. The van der Waals surface area contributed by atoms with E-state index in [4.69, 9.17) is 4.74 Å². The number of ether oxygens (including phenoxy) is 1. The van der Waals surface area contributed by atoms with Gasteiger partial charge in [0.15, 0.2) is 0 Å². The van der Waals surface area contributed by atoms with Crippen LogP contribution in [0.1, 0.15) is 44.3 Å². The lowest BCUT2D eigenvalue weighted by Gasteiger charge is -2.32. The molecule has 19 heavy (non-hydrogen) atoms. The molecule has 2 heterocycles. The van der Waals surface area contributed by atoms with Crippen LogP contribution in [0.25, 0.3) is 0 Å². The summed E-state index contributed by atoms with van der Waals surface area (Å²) in [6.07, 6.45) is 1.67. The van der Waals surface area contributed by atoms with Crippen molar-refractivity contribution in [2.75, 3.05) is 13.2 Å². The Balaban J connectivity index is 2.18. The van der Waals surface area contributed by atoms with Crippen molar-refractivity contribution in [2.45, 2.75) is 45.4 Å². The van der Waals surface area contributed by atoms with E-state index < -0.39 is 11.4 Å². The summed E-state index contributed by atoms with van der Waals surface area (Å²) < 4.78 is 5.29. The normalized spacial score (nSPS) is 19.3. The molecule has 1 N–H and O–H groups in total. The van der Waals surface area contributed by atoms with Gasteiger partial charge in [-0.1, -0.05) is 20.8 Å². The van der Waals surface area contributed by atoms with Gasteiger partial charge in [-0.2, -0.15) is 0 Å². The summed E-state index contributed by atoms with van der Waals surface area (Å²) in [7, 11) is 0. The highest BCUT2D eigenvalue weighted by Gasteiger charge is 2.41. The van der Waals surface area contributed by atoms with Crippen LogP contribution in [0.3, 0.4) is 0 Å². The van der Waals surface area contributed by atoms with Crippen LogP contribution >= 0.6 is 11.3 Å². The highest BCUT2D eigenvalue weighted by Crippen LogP contribution is 2.36. The average molecular weight is 283 g/mol. The van der Waals surface area contributed by atoms with Gasteiger partial charge in [0, 0.05) is 30.4 Å². The molecule has 0 amide bonds. The second-order valence-electron chi connectivity index (χ2n) is 6.25. The fourth-order valence-corrected chi connectivity index (χ4v) is 3.42. The highest BCUT2D eigenvalue weighted by atomic mass is 32.1. The lowest BCUT2D eigenvalue weighted by atomic mass is 9.77. The fraction of sp³-hybridized carbons (Fsp3) is 0.714. The van der Waals surface area contributed by atoms with Gasteiger partial charge in [0.05, 0.1) is 16.1 Å². The van der Waals surface area contributed by atoms with Crippen molar-refractivity contribution < 1.29 is 14.6 Å². The van der Waals surface area contributed by atoms with E-state index in [0.29, 0.717) is 32.5 Å². The largest absolute Gasteiger partial charge is 0.481 e. The van der Waals surface area contributed by atoms with Gasteiger partial charge in [-0.3, -0.25) is 4.79 Å². The molecular weight excluding hydrogens is 262 g/mol. The average Bonchev–Trinajstić information content (AvgIpc) is 2.78. The van der Waals surface area contributed by atoms with Crippen LogP contribution in [0.4, 0.5) is 0 Å². The zero-order valence-electron chi connectivity index (χ0n) is 11.7. The van der Waals surface area contributed by atoms with Crippen LogP contribution in [-0.4, -0.2) is 29.3 Å². The molecule has 1 fully saturated rings. The molecule has 0 atom stereocenters. The second kappa shape index (κ2) is 5.21. The van der Waals surface area contributed by atoms with Gasteiger partial charge in [0.2, 0.25) is 0 Å². The topological polar surface area (TPSA) is 59.4 Å². The number of carbonyl (C=O) groups is 1. The molecule has 1 aliphatic heterocycles. The van der Waals surface area contributed by atoms with E-state index in [9.17, 15) is 9.90 Å². The predicted molar refractivity (Wildman–Crippen MR) is 74.6 cm³/mol. The minimum absolute atomic E-state index is 0.0147. The first-order valence-corrected chi connectivity index (χ1v) is 7.47. The van der Waals surface area contributed by atoms with Crippen LogP contribution in [0.15, 0.2) is 5.38 Å². The van der Waals surface area contributed by atoms with Crippen molar-refractivity contribution in [3.05, 3.63) is 16.1 Å². The van der Waals surface area contributed by atoms with Gasteiger partial charge in [0.25, 0.3) is 0 Å². The quantitative estimate of drug-likeness (QED) is 0.926. The van der Waals surface area contributed by atoms with E-state index in [0.717, 1.165) is 10.7 Å². The first kappa shape index (κ1) is 14.5. The second-order valence-corrected chi connectivity index (χ2v) is 7.19. The predicted octanol–water partition coefficient (Wildman–Crippen LogP) is 2.86. The standard InChI is InChI=1S/C14H21NO3S/c1-13(2,3)10-9-19-11(15-10)8-14(12(16)17)4-6-18-7-5-14/h9H,4-8H2,1-3H3,(H,16,17). The molecular formula is C14H21NO3S. The van der Waals surface area contributed by atoms with Gasteiger partial charge in [-0.25, -0.2) is 4.98 Å². The zero-order valence-corrected chi connectivity index (χ0v) is 12.5. The van der Waals surface area contributed by atoms with Crippen molar-refractivity contribution in [3.63, 3.8) is 0 Å². The maximum Gasteiger partial charge on any atom is 0.310 e. The Bertz CT molecular complexity index is 456. The molecule has 0 saturated carbocycles. The molecule has 1 aromatic heterocycles. The number of thiazole rings is 1. The lowest BCUT2D eigenvalue weighted by Crippen LogP contribution is -2.39. The van der Waals surface area contributed by atoms with Crippen LogP contribution in [0.2, 0.25) is 0 Å². The van der Waals surface area contributed by atoms with E-state index in [1.807, 2.05) is 5.38 Å². The van der Waals surface area contributed by atoms with Gasteiger partial charge in [0.1, 0.15) is 0 Å². The molecule has 106 valence electrons. The first-order chi connectivity index (χ1) is 8.83. The van der Waals surface area contributed by atoms with Gasteiger partial charge < -0.3 is 9.84 Å². The third-order valence-corrected chi connectivity index (χ3v) is 4.56. The Morgan fingerprint density at radius 2 is 2.11 bits per heavy atom. The molecule has 1 aliphatic rings. The number of hydrogen-bond acceptors (Lipinski definition) is 4. The van der Waals surface area contributed by atoms with E-state index in [1.54, 1.807) is 11.3 Å². The van der Waals surface area contributed by atoms with Crippen LogP contribution < -0.4 is 0 Å². The number of hydrogen-bond donors (Lipinski definition) is 1. The fourth-order valence-electron chi connectivity index (χ4n) is 2.25. The van der Waals surface area contributed by atoms with Crippen molar-refractivity contribution >= 4 is 17.3 Å². The number of nitrogens with zero attached hydrogens (tertiary/aromatic N) is 1. The minimum atomic E-state index is -0.719. The highest BCUT2D eigenvalue weighted by molar-refractivity contribution is 7.09. The molecule has 0 spiro atoms. The number of carboxylic acids is 1. The number of rotatable bonds is 3. The smallest absolute Gasteiger partial charge is 0.310 e. The molecule has 5 heteroatoms. The third kappa shape index (κ3) is 3.15. The maximum absolute atomic E-state index is 11.6. The maximum atomic E-state index is 11.6. The Morgan fingerprint density at radius 1 is 1.47 bits per heavy atom. The zero-order chi connectivity index (χ0) is 14.1. The summed E-state index contributed by atoms with van der Waals surface area (Å²) in [4.78, 5) is 16.2. The lowest BCUT2D eigenvalue weighted by molar-refractivity contribution is -0.154. The van der Waals surface area contributed by atoms with Crippen molar-refractivity contribution in [2.24, 2.45) is 5.41 Å². The monoisotopic (exact) mass is 283 g/mol. The third-order valence-electron chi connectivity index (χ3n) is 3.71. The van der Waals surface area contributed by atoms with E-state index in [-0.39, 0.29) is 5.41 Å². The molecule has 0 radical (unpaired) electrons. The molecule has 0 aliphatic carbocycles. The summed E-state index contributed by atoms with van der Waals surface area (Å²) in [6.45, 7) is 7.42.